The Balaban J connectivity index is 1.94. The van der Waals surface area contributed by atoms with Crippen molar-refractivity contribution in [2.75, 3.05) is 0 Å². The summed E-state index contributed by atoms with van der Waals surface area (Å²) in [7, 11) is 0. The molecule has 2 aromatic rings. The minimum Gasteiger partial charge on any atom is -0.0540 e. The van der Waals surface area contributed by atoms with Gasteiger partial charge in [-0.05, 0) is 104 Å². The topological polar surface area (TPSA) is 0 Å². The van der Waals surface area contributed by atoms with Gasteiger partial charge >= 0.3 is 0 Å². The van der Waals surface area contributed by atoms with Crippen molar-refractivity contribution in [1.82, 2.24) is 0 Å². The van der Waals surface area contributed by atoms with Gasteiger partial charge in [0.15, 0.2) is 0 Å². The minimum absolute atomic E-state index is 1.02. The Bertz CT molecular complexity index is 604. The average molecular weight is 486 g/mol. The quantitative estimate of drug-likeness (QED) is 0.376. The maximum absolute atomic E-state index is 3.07. The van der Waals surface area contributed by atoms with Crippen LogP contribution in [0, 0.1) is 29.5 Å². The number of thioether (sulfide) groups is 1. The molecule has 0 aliphatic heterocycles. The van der Waals surface area contributed by atoms with Gasteiger partial charge in [-0.2, -0.15) is 0 Å². The summed E-state index contributed by atoms with van der Waals surface area (Å²) < 4.78 is 2.43. The second-order valence-electron chi connectivity index (χ2n) is 3.57. The first kappa shape index (κ1) is 14.8. The highest BCUT2D eigenvalue weighted by molar-refractivity contribution is 14.1. The summed E-state index contributed by atoms with van der Waals surface area (Å²) in [6, 6.07) is 16.3. The van der Waals surface area contributed by atoms with Gasteiger partial charge in [-0.3, -0.25) is 0 Å². The smallest absolute Gasteiger partial charge is 0.0255 e. The van der Waals surface area contributed by atoms with E-state index >= 15 is 0 Å². The van der Waals surface area contributed by atoms with E-state index in [-0.39, 0.29) is 0 Å². The molecule has 0 atom stereocenters. The number of benzene rings is 2. The Kier molecular flexibility index (Phi) is 6.09. The van der Waals surface area contributed by atoms with Crippen LogP contribution in [-0.4, -0.2) is 0 Å². The van der Waals surface area contributed by atoms with Gasteiger partial charge in [-0.25, -0.2) is 0 Å². The summed E-state index contributed by atoms with van der Waals surface area (Å²) in [6.07, 6.45) is 0. The Morgan fingerprint density at radius 3 is 1.37 bits per heavy atom. The van der Waals surface area contributed by atoms with E-state index in [9.17, 15) is 0 Å². The minimum atomic E-state index is 1.02. The van der Waals surface area contributed by atoms with Gasteiger partial charge in [0.25, 0.3) is 0 Å². The predicted molar refractivity (Wildman–Crippen MR) is 99.7 cm³/mol. The molecule has 2 aromatic carbocycles. The zero-order valence-electron chi connectivity index (χ0n) is 9.78. The largest absolute Gasteiger partial charge is 0.0540 e. The van der Waals surface area contributed by atoms with Crippen LogP contribution < -0.4 is 0 Å². The van der Waals surface area contributed by atoms with Crippen LogP contribution >= 0.6 is 56.9 Å². The fraction of sp³-hybridized carbons (Fsp3) is 0. The molecule has 0 fully saturated rings. The van der Waals surface area contributed by atoms with Crippen molar-refractivity contribution in [3.63, 3.8) is 0 Å². The van der Waals surface area contributed by atoms with Crippen LogP contribution in [0.5, 0.6) is 0 Å². The van der Waals surface area contributed by atoms with Crippen LogP contribution in [0.15, 0.2) is 48.5 Å². The first-order valence-corrected chi connectivity index (χ1v) is 8.40. The van der Waals surface area contributed by atoms with Crippen molar-refractivity contribution >= 4 is 56.9 Å². The maximum atomic E-state index is 3.07. The molecule has 0 unspecified atom stereocenters. The van der Waals surface area contributed by atoms with E-state index in [0.717, 1.165) is 11.1 Å². The van der Waals surface area contributed by atoms with Crippen LogP contribution in [0.2, 0.25) is 0 Å². The molecule has 0 saturated carbocycles. The molecule has 0 heterocycles. The van der Waals surface area contributed by atoms with Gasteiger partial charge in [0, 0.05) is 30.0 Å². The van der Waals surface area contributed by atoms with Crippen LogP contribution in [0.3, 0.4) is 0 Å². The third kappa shape index (κ3) is 5.48. The third-order valence-corrected chi connectivity index (χ3v) is 4.03. The molecule has 0 aliphatic carbocycles. The SMILES string of the molecule is Ic1ccc(C#CSC#Cc2ccc(I)cc2)cc1. The maximum Gasteiger partial charge on any atom is 0.0255 e. The second kappa shape index (κ2) is 7.84. The second-order valence-corrected chi connectivity index (χ2v) is 6.67. The van der Waals surface area contributed by atoms with Crippen LogP contribution in [0.1, 0.15) is 11.1 Å². The Labute approximate surface area is 145 Å². The fourth-order valence-corrected chi connectivity index (χ4v) is 2.37. The molecule has 0 amide bonds. The first-order chi connectivity index (χ1) is 9.24. The Hall–Kier alpha value is -0.630. The van der Waals surface area contributed by atoms with Gasteiger partial charge in [-0.1, -0.05) is 11.8 Å². The summed E-state index contributed by atoms with van der Waals surface area (Å²) in [6.45, 7) is 0. The van der Waals surface area contributed by atoms with Crippen molar-refractivity contribution in [2.24, 2.45) is 0 Å². The summed E-state index contributed by atoms with van der Waals surface area (Å²) in [5.41, 5.74) is 2.04. The zero-order chi connectivity index (χ0) is 13.5. The van der Waals surface area contributed by atoms with E-state index in [4.69, 9.17) is 0 Å². The van der Waals surface area contributed by atoms with Gasteiger partial charge < -0.3 is 0 Å². The van der Waals surface area contributed by atoms with Crippen molar-refractivity contribution in [2.45, 2.75) is 0 Å². The summed E-state index contributed by atoms with van der Waals surface area (Å²) in [5, 5.41) is 5.98. The Morgan fingerprint density at radius 2 is 1.00 bits per heavy atom. The van der Waals surface area contributed by atoms with Crippen molar-refractivity contribution < 1.29 is 0 Å². The summed E-state index contributed by atoms with van der Waals surface area (Å²) in [4.78, 5) is 0. The molecule has 92 valence electrons. The number of rotatable bonds is 0. The summed E-state index contributed by atoms with van der Waals surface area (Å²) >= 11 is 5.89. The van der Waals surface area contributed by atoms with Crippen LogP contribution in [0.25, 0.3) is 0 Å². The lowest BCUT2D eigenvalue weighted by Gasteiger charge is -1.89. The number of hydrogen-bond donors (Lipinski definition) is 0. The van der Waals surface area contributed by atoms with E-state index in [2.05, 4.69) is 67.5 Å². The average Bonchev–Trinajstić information content (AvgIpc) is 2.43. The molecule has 0 aromatic heterocycles. The van der Waals surface area contributed by atoms with Crippen LogP contribution in [-0.2, 0) is 0 Å². The lowest BCUT2D eigenvalue weighted by Crippen LogP contribution is -1.74. The number of hydrogen-bond acceptors (Lipinski definition) is 1. The standard InChI is InChI=1S/C16H8I2S/c17-15-5-1-13(2-6-15)9-11-19-12-10-14-3-7-16(18)8-4-14/h1-8H. The van der Waals surface area contributed by atoms with E-state index in [1.807, 2.05) is 48.5 Å². The molecule has 19 heavy (non-hydrogen) atoms. The highest BCUT2D eigenvalue weighted by Crippen LogP contribution is 2.07. The molecule has 0 radical (unpaired) electrons. The molecule has 0 aliphatic rings. The molecular weight excluding hydrogens is 478 g/mol. The lowest BCUT2D eigenvalue weighted by atomic mass is 10.2. The van der Waals surface area contributed by atoms with Crippen molar-refractivity contribution in [1.29, 1.82) is 0 Å². The molecule has 0 bridgehead atoms. The molecule has 0 N–H and O–H groups in total. The highest BCUT2D eigenvalue weighted by atomic mass is 127. The first-order valence-electron chi connectivity index (χ1n) is 5.43. The van der Waals surface area contributed by atoms with Gasteiger partial charge in [0.1, 0.15) is 0 Å². The van der Waals surface area contributed by atoms with Crippen LogP contribution in [0.4, 0.5) is 0 Å². The fourth-order valence-electron chi connectivity index (χ4n) is 1.26. The van der Waals surface area contributed by atoms with Gasteiger partial charge in [0.2, 0.25) is 0 Å². The molecule has 2 rings (SSSR count). The van der Waals surface area contributed by atoms with E-state index < -0.39 is 0 Å². The summed E-state index contributed by atoms with van der Waals surface area (Å²) in [5.74, 6) is 6.15. The highest BCUT2D eigenvalue weighted by Gasteiger charge is 1.87. The molecule has 3 heteroatoms. The zero-order valence-corrected chi connectivity index (χ0v) is 14.9. The molecule has 0 nitrogen and oxygen atoms in total. The van der Waals surface area contributed by atoms with E-state index in [1.165, 1.54) is 18.9 Å². The van der Waals surface area contributed by atoms with E-state index in [1.54, 1.807) is 0 Å². The molecule has 0 spiro atoms. The molecular formula is C16H8I2S. The predicted octanol–water partition coefficient (Wildman–Crippen LogP) is 4.95. The van der Waals surface area contributed by atoms with E-state index in [0.29, 0.717) is 0 Å². The molecule has 0 saturated heterocycles. The lowest BCUT2D eigenvalue weighted by molar-refractivity contribution is 1.60. The van der Waals surface area contributed by atoms with Gasteiger partial charge in [-0.15, -0.1) is 0 Å². The number of halogens is 2. The van der Waals surface area contributed by atoms with Gasteiger partial charge in [0.05, 0.1) is 0 Å². The Morgan fingerprint density at radius 1 is 0.632 bits per heavy atom. The van der Waals surface area contributed by atoms with Crippen molar-refractivity contribution in [3.8, 4) is 22.3 Å². The third-order valence-electron chi connectivity index (χ3n) is 2.18. The normalized spacial score (nSPS) is 8.95. The van der Waals surface area contributed by atoms with Crippen molar-refractivity contribution in [3.05, 3.63) is 66.8 Å². The monoisotopic (exact) mass is 486 g/mol.